The van der Waals surface area contributed by atoms with Gasteiger partial charge in [-0.15, -0.1) is 0 Å². The van der Waals surface area contributed by atoms with Gasteiger partial charge in [0.05, 0.1) is 6.61 Å². The molecule has 1 aliphatic heterocycles. The Labute approximate surface area is 212 Å². The largest absolute Gasteiger partial charge is 0.508 e. The fourth-order valence-electron chi connectivity index (χ4n) is 4.13. The Hall–Kier alpha value is -2.42. The highest BCUT2D eigenvalue weighted by Crippen LogP contribution is 2.34. The number of benzene rings is 2. The summed E-state index contributed by atoms with van der Waals surface area (Å²) in [5.41, 5.74) is -0.516. The minimum atomic E-state index is -1.52. The van der Waals surface area contributed by atoms with Gasteiger partial charge < -0.3 is 25.0 Å². The number of piperazine rings is 1. The van der Waals surface area contributed by atoms with Crippen molar-refractivity contribution in [3.8, 4) is 5.75 Å². The highest BCUT2D eigenvalue weighted by molar-refractivity contribution is 6.21. The van der Waals surface area contributed by atoms with Crippen LogP contribution in [0.25, 0.3) is 10.8 Å². The molecule has 9 heteroatoms. The number of phenols is 1. The fraction of sp³-hybridized carbons (Fsp3) is 0.538. The summed E-state index contributed by atoms with van der Waals surface area (Å²) in [6.07, 6.45) is -0.733. The summed E-state index contributed by atoms with van der Waals surface area (Å²) in [5.74, 6) is 0.254. The number of ether oxygens (including phenoxy) is 1. The van der Waals surface area contributed by atoms with E-state index in [0.717, 1.165) is 55.8 Å². The van der Waals surface area contributed by atoms with Crippen LogP contribution in [0.3, 0.4) is 0 Å². The van der Waals surface area contributed by atoms with Crippen molar-refractivity contribution in [3.63, 3.8) is 0 Å². The zero-order chi connectivity index (χ0) is 25.4. The molecule has 2 aromatic carbocycles. The molecule has 0 aromatic heterocycles. The molecule has 35 heavy (non-hydrogen) atoms. The van der Waals surface area contributed by atoms with Crippen molar-refractivity contribution in [2.45, 2.75) is 37.9 Å². The summed E-state index contributed by atoms with van der Waals surface area (Å²) >= 11 is 6.49. The lowest BCUT2D eigenvalue weighted by Gasteiger charge is -2.29. The van der Waals surface area contributed by atoms with Gasteiger partial charge in [0, 0.05) is 38.6 Å². The molecule has 3 atom stereocenters. The molecule has 0 bridgehead atoms. The average Bonchev–Trinajstić information content (AvgIpc) is 2.85. The van der Waals surface area contributed by atoms with E-state index >= 15 is 4.39 Å². The third-order valence-corrected chi connectivity index (χ3v) is 6.49. The van der Waals surface area contributed by atoms with E-state index in [4.69, 9.17) is 16.3 Å². The van der Waals surface area contributed by atoms with Gasteiger partial charge in [-0.05, 0) is 55.9 Å². The van der Waals surface area contributed by atoms with Crippen molar-refractivity contribution in [1.29, 1.82) is 0 Å². The molecule has 2 aromatic rings. The number of hydrogen-bond donors (Lipinski definition) is 2. The Balaban J connectivity index is 1.81. The Morgan fingerprint density at radius 1 is 1.26 bits per heavy atom. The van der Waals surface area contributed by atoms with Crippen molar-refractivity contribution >= 4 is 34.2 Å². The van der Waals surface area contributed by atoms with E-state index in [9.17, 15) is 5.11 Å². The molecule has 0 spiro atoms. The number of rotatable bonds is 8. The minimum absolute atomic E-state index is 0.0912. The molecule has 0 aliphatic carbocycles. The summed E-state index contributed by atoms with van der Waals surface area (Å²) in [5, 5.41) is 15.2. The van der Waals surface area contributed by atoms with Crippen LogP contribution >= 0.6 is 11.6 Å². The summed E-state index contributed by atoms with van der Waals surface area (Å²) in [6.45, 7) is 8.34. The quantitative estimate of drug-likeness (QED) is 0.185. The van der Waals surface area contributed by atoms with E-state index < -0.39 is 17.6 Å². The lowest BCUT2D eigenvalue weighted by molar-refractivity contribution is 0.256. The SMILES string of the molecule is C/C(=N\C(=NC(Cl)C(F)C(C)c1cc(O)cc2ccccc12)OCCCN(C)C)N1CCNCC1. The van der Waals surface area contributed by atoms with Crippen LogP contribution in [0, 0.1) is 0 Å². The maximum Gasteiger partial charge on any atom is 0.314 e. The van der Waals surface area contributed by atoms with E-state index in [0.29, 0.717) is 12.2 Å². The molecule has 3 rings (SSSR count). The number of aromatic hydroxyl groups is 1. The summed E-state index contributed by atoms with van der Waals surface area (Å²) in [6, 6.07) is 10.9. The van der Waals surface area contributed by atoms with E-state index in [-0.39, 0.29) is 11.8 Å². The molecule has 1 fully saturated rings. The lowest BCUT2D eigenvalue weighted by Crippen LogP contribution is -2.45. The van der Waals surface area contributed by atoms with Crippen molar-refractivity contribution < 1.29 is 14.2 Å². The Kier molecular flexibility index (Phi) is 10.1. The number of nitrogens with one attached hydrogen (secondary N) is 1. The Morgan fingerprint density at radius 2 is 1.97 bits per heavy atom. The maximum atomic E-state index is 15.6. The van der Waals surface area contributed by atoms with Gasteiger partial charge >= 0.3 is 6.02 Å². The first-order chi connectivity index (χ1) is 16.8. The van der Waals surface area contributed by atoms with Gasteiger partial charge in [-0.1, -0.05) is 42.8 Å². The van der Waals surface area contributed by atoms with Crippen LogP contribution in [0.15, 0.2) is 46.4 Å². The zero-order valence-corrected chi connectivity index (χ0v) is 21.8. The maximum absolute atomic E-state index is 15.6. The molecule has 1 saturated heterocycles. The van der Waals surface area contributed by atoms with Gasteiger partial charge in [0.1, 0.15) is 17.8 Å². The van der Waals surface area contributed by atoms with Crippen LogP contribution in [-0.4, -0.2) is 91.9 Å². The third-order valence-electron chi connectivity index (χ3n) is 6.16. The number of nitrogens with zero attached hydrogens (tertiary/aromatic N) is 4. The molecule has 1 aliphatic rings. The first-order valence-electron chi connectivity index (χ1n) is 12.1. The van der Waals surface area contributed by atoms with E-state index in [1.54, 1.807) is 19.1 Å². The third kappa shape index (κ3) is 7.78. The van der Waals surface area contributed by atoms with Gasteiger partial charge in [-0.3, -0.25) is 0 Å². The van der Waals surface area contributed by atoms with Crippen molar-refractivity contribution in [2.24, 2.45) is 9.98 Å². The first-order valence-corrected chi connectivity index (χ1v) is 12.6. The molecule has 0 amide bonds. The molecule has 0 radical (unpaired) electrons. The van der Waals surface area contributed by atoms with Gasteiger partial charge in [-0.2, -0.15) is 4.99 Å². The standard InChI is InChI=1S/C26H37ClFN5O2/c1-18(23-17-21(34)16-20-8-5-6-9-22(20)23)24(28)25(27)31-26(35-15-7-12-32(3)4)30-19(2)33-13-10-29-11-14-33/h5-6,8-9,16-18,24-25,29,34H,7,10-15H2,1-4H3/b30-19+,31-26?. The number of phenolic OH excluding ortho intramolecular Hbond substituents is 1. The molecule has 7 nitrogen and oxygen atoms in total. The topological polar surface area (TPSA) is 72.7 Å². The monoisotopic (exact) mass is 505 g/mol. The number of halogens is 2. The van der Waals surface area contributed by atoms with Gasteiger partial charge in [0.2, 0.25) is 0 Å². The number of alkyl halides is 2. The number of aliphatic imine (C=N–C) groups is 2. The van der Waals surface area contributed by atoms with Crippen molar-refractivity contribution in [3.05, 3.63) is 42.0 Å². The molecule has 192 valence electrons. The second-order valence-corrected chi connectivity index (χ2v) is 9.62. The summed E-state index contributed by atoms with van der Waals surface area (Å²) in [4.78, 5) is 13.1. The second-order valence-electron chi connectivity index (χ2n) is 9.17. The number of fused-ring (bicyclic) bond motifs is 1. The molecule has 0 saturated carbocycles. The molecule has 1 heterocycles. The van der Waals surface area contributed by atoms with Crippen LogP contribution in [-0.2, 0) is 4.74 Å². The molecular formula is C26H37ClFN5O2. The van der Waals surface area contributed by atoms with Gasteiger partial charge in [0.25, 0.3) is 0 Å². The smallest absolute Gasteiger partial charge is 0.314 e. The van der Waals surface area contributed by atoms with E-state index in [2.05, 4.69) is 25.1 Å². The summed E-state index contributed by atoms with van der Waals surface area (Å²) < 4.78 is 21.5. The predicted molar refractivity (Wildman–Crippen MR) is 143 cm³/mol. The predicted octanol–water partition coefficient (Wildman–Crippen LogP) is 4.20. The normalized spacial score (nSPS) is 18.1. The number of amidine groups is 2. The lowest BCUT2D eigenvalue weighted by atomic mass is 9.91. The van der Waals surface area contributed by atoms with Gasteiger partial charge in [-0.25, -0.2) is 9.38 Å². The van der Waals surface area contributed by atoms with Crippen molar-refractivity contribution in [1.82, 2.24) is 15.1 Å². The molecule has 3 unspecified atom stereocenters. The summed E-state index contributed by atoms with van der Waals surface area (Å²) in [7, 11) is 3.99. The first kappa shape index (κ1) is 27.2. The van der Waals surface area contributed by atoms with E-state index in [1.165, 1.54) is 0 Å². The van der Waals surface area contributed by atoms with Crippen LogP contribution in [0.1, 0.15) is 31.7 Å². The van der Waals surface area contributed by atoms with Crippen LogP contribution in [0.5, 0.6) is 5.75 Å². The van der Waals surface area contributed by atoms with Crippen LogP contribution < -0.4 is 5.32 Å². The van der Waals surface area contributed by atoms with Crippen molar-refractivity contribution in [2.75, 3.05) is 53.4 Å². The second kappa shape index (κ2) is 13.0. The van der Waals surface area contributed by atoms with Gasteiger partial charge in [0.15, 0.2) is 5.50 Å². The van der Waals surface area contributed by atoms with Crippen LogP contribution in [0.2, 0.25) is 0 Å². The number of hydrogen-bond acceptors (Lipinski definition) is 5. The Morgan fingerprint density at radius 3 is 2.69 bits per heavy atom. The zero-order valence-electron chi connectivity index (χ0n) is 21.0. The minimum Gasteiger partial charge on any atom is -0.508 e. The molecule has 2 N–H and O–H groups in total. The average molecular weight is 506 g/mol. The fourth-order valence-corrected chi connectivity index (χ4v) is 4.43. The Bertz CT molecular complexity index is 1030. The highest BCUT2D eigenvalue weighted by atomic mass is 35.5. The van der Waals surface area contributed by atoms with Crippen LogP contribution in [0.4, 0.5) is 4.39 Å². The molecular weight excluding hydrogens is 469 g/mol. The van der Waals surface area contributed by atoms with E-state index in [1.807, 2.05) is 45.3 Å². The highest BCUT2D eigenvalue weighted by Gasteiger charge is 2.28.